The van der Waals surface area contributed by atoms with Gasteiger partial charge < -0.3 is 5.32 Å². The van der Waals surface area contributed by atoms with Crippen molar-refractivity contribution in [2.45, 2.75) is 33.7 Å². The normalized spacial score (nSPS) is 16.1. The number of nitrogens with one attached hydrogen (secondary N) is 1. The van der Waals surface area contributed by atoms with Gasteiger partial charge >= 0.3 is 0 Å². The number of amides is 1. The van der Waals surface area contributed by atoms with Crippen molar-refractivity contribution in [3.63, 3.8) is 0 Å². The van der Waals surface area contributed by atoms with Crippen LogP contribution in [0.15, 0.2) is 42.5 Å². The lowest BCUT2D eigenvalue weighted by Gasteiger charge is -2.22. The first kappa shape index (κ1) is 19.6. The van der Waals surface area contributed by atoms with Crippen LogP contribution in [0.25, 0.3) is 0 Å². The van der Waals surface area contributed by atoms with E-state index in [1.54, 1.807) is 0 Å². The molecule has 0 bridgehead atoms. The molecule has 1 heterocycles. The number of hydrogen-bond donors (Lipinski definition) is 1. The second-order valence-electron chi connectivity index (χ2n) is 7.71. The van der Waals surface area contributed by atoms with Gasteiger partial charge in [0.2, 0.25) is 5.91 Å². The lowest BCUT2D eigenvalue weighted by atomic mass is 10.1. The van der Waals surface area contributed by atoms with E-state index < -0.39 is 0 Å². The van der Waals surface area contributed by atoms with E-state index in [9.17, 15) is 4.79 Å². The van der Waals surface area contributed by atoms with Gasteiger partial charge in [0.25, 0.3) is 0 Å². The fourth-order valence-electron chi connectivity index (χ4n) is 3.94. The number of carbonyl (C=O) groups is 1. The molecule has 4 nitrogen and oxygen atoms in total. The van der Waals surface area contributed by atoms with E-state index in [0.717, 1.165) is 56.0 Å². The summed E-state index contributed by atoms with van der Waals surface area (Å²) in [5.74, 6) is 0.0848. The molecule has 1 fully saturated rings. The van der Waals surface area contributed by atoms with Crippen LogP contribution in [0.1, 0.15) is 28.7 Å². The topological polar surface area (TPSA) is 35.6 Å². The van der Waals surface area contributed by atoms with Gasteiger partial charge in [0.1, 0.15) is 0 Å². The molecule has 1 aliphatic rings. The first-order chi connectivity index (χ1) is 13.0. The third-order valence-corrected chi connectivity index (χ3v) is 5.24. The van der Waals surface area contributed by atoms with Gasteiger partial charge in [-0.15, -0.1) is 0 Å². The summed E-state index contributed by atoms with van der Waals surface area (Å²) in [5, 5.41) is 3.13. The molecule has 0 saturated carbocycles. The molecule has 1 amide bonds. The van der Waals surface area contributed by atoms with Crippen LogP contribution in [0.5, 0.6) is 0 Å². The van der Waals surface area contributed by atoms with Gasteiger partial charge in [0, 0.05) is 25.3 Å². The highest BCUT2D eigenvalue weighted by molar-refractivity contribution is 5.93. The molecule has 0 unspecified atom stereocenters. The number of aryl methyl sites for hydroxylation is 3. The van der Waals surface area contributed by atoms with Crippen molar-refractivity contribution >= 4 is 11.6 Å². The van der Waals surface area contributed by atoms with Crippen molar-refractivity contribution in [2.75, 3.05) is 38.0 Å². The van der Waals surface area contributed by atoms with Crippen molar-refractivity contribution in [1.29, 1.82) is 0 Å². The molecule has 0 atom stereocenters. The predicted octanol–water partition coefficient (Wildman–Crippen LogP) is 3.76. The minimum absolute atomic E-state index is 0.0848. The molecular formula is C23H31N3O. The summed E-state index contributed by atoms with van der Waals surface area (Å²) in [7, 11) is 0. The Balaban J connectivity index is 1.52. The summed E-state index contributed by atoms with van der Waals surface area (Å²) in [6.45, 7) is 11.7. The summed E-state index contributed by atoms with van der Waals surface area (Å²) >= 11 is 0. The van der Waals surface area contributed by atoms with Crippen LogP contribution in [0.4, 0.5) is 5.69 Å². The van der Waals surface area contributed by atoms with Crippen molar-refractivity contribution < 1.29 is 4.79 Å². The van der Waals surface area contributed by atoms with Crippen LogP contribution < -0.4 is 5.32 Å². The highest BCUT2D eigenvalue weighted by atomic mass is 16.2. The third-order valence-electron chi connectivity index (χ3n) is 5.24. The fraction of sp³-hybridized carbons (Fsp3) is 0.435. The highest BCUT2D eigenvalue weighted by Crippen LogP contribution is 2.22. The first-order valence-corrected chi connectivity index (χ1v) is 9.87. The first-order valence-electron chi connectivity index (χ1n) is 9.87. The zero-order valence-corrected chi connectivity index (χ0v) is 16.8. The van der Waals surface area contributed by atoms with E-state index in [4.69, 9.17) is 0 Å². The summed E-state index contributed by atoms with van der Waals surface area (Å²) in [6, 6.07) is 14.9. The maximum Gasteiger partial charge on any atom is 0.238 e. The van der Waals surface area contributed by atoms with Crippen LogP contribution in [0.3, 0.4) is 0 Å². The molecule has 2 aromatic rings. The molecule has 3 rings (SSSR count). The maximum absolute atomic E-state index is 12.6. The van der Waals surface area contributed by atoms with Gasteiger partial charge in [0.15, 0.2) is 0 Å². The standard InChI is InChI=1S/C23H31N3O/c1-18-14-19(2)23(20(3)15-18)24-22(27)17-26-11-7-10-25(12-13-26)16-21-8-5-4-6-9-21/h4-6,8-9,14-15H,7,10-13,16-17H2,1-3H3,(H,24,27). The van der Waals surface area contributed by atoms with E-state index in [-0.39, 0.29) is 5.91 Å². The van der Waals surface area contributed by atoms with E-state index in [1.165, 1.54) is 11.1 Å². The monoisotopic (exact) mass is 365 g/mol. The Morgan fingerprint density at radius 3 is 2.26 bits per heavy atom. The Bertz CT molecular complexity index is 749. The second kappa shape index (κ2) is 9.16. The second-order valence-corrected chi connectivity index (χ2v) is 7.71. The minimum atomic E-state index is 0.0848. The molecule has 0 spiro atoms. The highest BCUT2D eigenvalue weighted by Gasteiger charge is 2.18. The number of benzene rings is 2. The fourth-order valence-corrected chi connectivity index (χ4v) is 3.94. The molecule has 144 valence electrons. The average Bonchev–Trinajstić information content (AvgIpc) is 2.84. The summed E-state index contributed by atoms with van der Waals surface area (Å²) in [5.41, 5.74) is 5.81. The Morgan fingerprint density at radius 2 is 1.56 bits per heavy atom. The van der Waals surface area contributed by atoms with E-state index in [0.29, 0.717) is 6.54 Å². The van der Waals surface area contributed by atoms with Gasteiger partial charge in [-0.05, 0) is 57.0 Å². The largest absolute Gasteiger partial charge is 0.324 e. The quantitative estimate of drug-likeness (QED) is 0.876. The van der Waals surface area contributed by atoms with Gasteiger partial charge in [-0.3, -0.25) is 14.6 Å². The smallest absolute Gasteiger partial charge is 0.238 e. The van der Waals surface area contributed by atoms with Crippen molar-refractivity contribution in [3.05, 3.63) is 64.7 Å². The zero-order valence-electron chi connectivity index (χ0n) is 16.8. The molecule has 2 aromatic carbocycles. The number of carbonyl (C=O) groups excluding carboxylic acids is 1. The van der Waals surface area contributed by atoms with Gasteiger partial charge in [0.05, 0.1) is 6.54 Å². The van der Waals surface area contributed by atoms with Gasteiger partial charge in [-0.25, -0.2) is 0 Å². The van der Waals surface area contributed by atoms with E-state index in [1.807, 2.05) is 0 Å². The molecular weight excluding hydrogens is 334 g/mol. The Labute approximate surface area is 163 Å². The van der Waals surface area contributed by atoms with Crippen LogP contribution in [-0.4, -0.2) is 48.4 Å². The average molecular weight is 366 g/mol. The zero-order chi connectivity index (χ0) is 19.2. The number of anilines is 1. The molecule has 4 heteroatoms. The Morgan fingerprint density at radius 1 is 0.926 bits per heavy atom. The Hall–Kier alpha value is -2.17. The summed E-state index contributed by atoms with van der Waals surface area (Å²) in [4.78, 5) is 17.4. The summed E-state index contributed by atoms with van der Waals surface area (Å²) in [6.07, 6.45) is 1.10. The molecule has 0 aromatic heterocycles. The maximum atomic E-state index is 12.6. The Kier molecular flexibility index (Phi) is 6.64. The minimum Gasteiger partial charge on any atom is -0.324 e. The molecule has 1 N–H and O–H groups in total. The van der Waals surface area contributed by atoms with E-state index >= 15 is 0 Å². The van der Waals surface area contributed by atoms with Crippen LogP contribution >= 0.6 is 0 Å². The molecule has 1 saturated heterocycles. The van der Waals surface area contributed by atoms with Gasteiger partial charge in [-0.2, -0.15) is 0 Å². The third kappa shape index (κ3) is 5.65. The van der Waals surface area contributed by atoms with Gasteiger partial charge in [-0.1, -0.05) is 48.0 Å². The number of nitrogens with zero attached hydrogens (tertiary/aromatic N) is 2. The predicted molar refractivity (Wildman–Crippen MR) is 112 cm³/mol. The molecule has 1 aliphatic heterocycles. The lowest BCUT2D eigenvalue weighted by Crippen LogP contribution is -2.36. The van der Waals surface area contributed by atoms with Crippen molar-refractivity contribution in [3.8, 4) is 0 Å². The number of hydrogen-bond acceptors (Lipinski definition) is 3. The molecule has 0 aliphatic carbocycles. The molecule has 27 heavy (non-hydrogen) atoms. The van der Waals surface area contributed by atoms with Crippen LogP contribution in [-0.2, 0) is 11.3 Å². The van der Waals surface area contributed by atoms with Crippen LogP contribution in [0.2, 0.25) is 0 Å². The van der Waals surface area contributed by atoms with Crippen molar-refractivity contribution in [2.24, 2.45) is 0 Å². The molecule has 0 radical (unpaired) electrons. The van der Waals surface area contributed by atoms with Crippen molar-refractivity contribution in [1.82, 2.24) is 9.80 Å². The van der Waals surface area contributed by atoms with E-state index in [2.05, 4.69) is 78.4 Å². The lowest BCUT2D eigenvalue weighted by molar-refractivity contribution is -0.117. The number of rotatable bonds is 5. The van der Waals surface area contributed by atoms with Crippen LogP contribution in [0, 0.1) is 20.8 Å². The SMILES string of the molecule is Cc1cc(C)c(NC(=O)CN2CCCN(Cc3ccccc3)CC2)c(C)c1. The summed E-state index contributed by atoms with van der Waals surface area (Å²) < 4.78 is 0.